The molecule has 0 radical (unpaired) electrons. The van der Waals surface area contributed by atoms with Gasteiger partial charge in [-0.1, -0.05) is 17.3 Å². The number of carbonyl (C=O) groups excluding carboxylic acids is 1. The standard InChI is InChI=1S/C20H17F3N2O3S/c1-11(27-19(26)16-10-12-5-2-3-8-15(12)29-16)18-24-17(25-28-18)13-6-4-7-14(9-13)20(21,22)23/h4,6-7,9-11H,2-3,5,8H2,1H3. The highest BCUT2D eigenvalue weighted by Gasteiger charge is 2.31. The van der Waals surface area contributed by atoms with Crippen molar-refractivity contribution in [3.05, 3.63) is 57.1 Å². The monoisotopic (exact) mass is 422 g/mol. The lowest BCUT2D eigenvalue weighted by Gasteiger charge is -2.08. The molecule has 2 aromatic heterocycles. The zero-order valence-electron chi connectivity index (χ0n) is 15.5. The number of aryl methyl sites for hydroxylation is 2. The van der Waals surface area contributed by atoms with Crippen LogP contribution in [0.3, 0.4) is 0 Å². The molecule has 5 nitrogen and oxygen atoms in total. The summed E-state index contributed by atoms with van der Waals surface area (Å²) in [6.45, 7) is 1.58. The number of aromatic nitrogens is 2. The van der Waals surface area contributed by atoms with Gasteiger partial charge in [0.05, 0.1) is 5.56 Å². The van der Waals surface area contributed by atoms with Crippen LogP contribution >= 0.6 is 11.3 Å². The quantitative estimate of drug-likeness (QED) is 0.511. The van der Waals surface area contributed by atoms with E-state index in [-0.39, 0.29) is 17.3 Å². The molecule has 0 fully saturated rings. The molecular weight excluding hydrogens is 405 g/mol. The second-order valence-corrected chi connectivity index (χ2v) is 7.99. The lowest BCUT2D eigenvalue weighted by Crippen LogP contribution is -2.08. The molecule has 2 heterocycles. The van der Waals surface area contributed by atoms with Gasteiger partial charge in [-0.05, 0) is 56.4 Å². The van der Waals surface area contributed by atoms with Crippen molar-refractivity contribution in [2.24, 2.45) is 0 Å². The fourth-order valence-corrected chi connectivity index (χ4v) is 4.35. The summed E-state index contributed by atoms with van der Waals surface area (Å²) in [6, 6.07) is 6.51. The van der Waals surface area contributed by atoms with E-state index in [0.29, 0.717) is 4.88 Å². The maximum Gasteiger partial charge on any atom is 0.416 e. The van der Waals surface area contributed by atoms with Gasteiger partial charge in [0, 0.05) is 10.4 Å². The summed E-state index contributed by atoms with van der Waals surface area (Å²) in [5.74, 6) is -0.455. The number of carbonyl (C=O) groups is 1. The van der Waals surface area contributed by atoms with E-state index in [0.717, 1.165) is 37.8 Å². The minimum Gasteiger partial charge on any atom is -0.448 e. The first kappa shape index (κ1) is 19.6. The molecule has 1 unspecified atom stereocenters. The maximum atomic E-state index is 12.9. The average Bonchev–Trinajstić information content (AvgIpc) is 3.35. The van der Waals surface area contributed by atoms with Crippen molar-refractivity contribution in [2.45, 2.75) is 44.9 Å². The Labute approximate surface area is 168 Å². The van der Waals surface area contributed by atoms with Gasteiger partial charge in [-0.25, -0.2) is 4.79 Å². The Bertz CT molecular complexity index is 1020. The summed E-state index contributed by atoms with van der Waals surface area (Å²) in [6.07, 6.45) is -1.10. The smallest absolute Gasteiger partial charge is 0.416 e. The minimum absolute atomic E-state index is 0.000543. The number of hydrogen-bond donors (Lipinski definition) is 0. The third-order valence-corrected chi connectivity index (χ3v) is 5.94. The lowest BCUT2D eigenvalue weighted by molar-refractivity contribution is -0.137. The molecule has 1 aliphatic carbocycles. The Morgan fingerprint density at radius 1 is 1.24 bits per heavy atom. The topological polar surface area (TPSA) is 65.2 Å². The van der Waals surface area contributed by atoms with E-state index in [1.165, 1.54) is 33.9 Å². The van der Waals surface area contributed by atoms with E-state index in [1.54, 1.807) is 6.92 Å². The fraction of sp³-hybridized carbons (Fsp3) is 0.350. The van der Waals surface area contributed by atoms with E-state index in [2.05, 4.69) is 10.1 Å². The zero-order valence-corrected chi connectivity index (χ0v) is 16.3. The molecule has 9 heteroatoms. The molecule has 0 aliphatic heterocycles. The van der Waals surface area contributed by atoms with Crippen LogP contribution in [0.5, 0.6) is 0 Å². The SMILES string of the molecule is CC(OC(=O)c1cc2c(s1)CCCC2)c1nc(-c2cccc(C(F)(F)F)c2)no1. The highest BCUT2D eigenvalue weighted by atomic mass is 32.1. The first-order valence-corrected chi connectivity index (χ1v) is 9.97. The number of alkyl halides is 3. The van der Waals surface area contributed by atoms with Crippen LogP contribution in [0.1, 0.15) is 57.4 Å². The van der Waals surface area contributed by atoms with Crippen LogP contribution in [0.25, 0.3) is 11.4 Å². The Hall–Kier alpha value is -2.68. The number of fused-ring (bicyclic) bond motifs is 1. The van der Waals surface area contributed by atoms with Gasteiger partial charge >= 0.3 is 12.1 Å². The van der Waals surface area contributed by atoms with Gasteiger partial charge in [0.1, 0.15) is 4.88 Å². The van der Waals surface area contributed by atoms with Crippen LogP contribution in [0.2, 0.25) is 0 Å². The molecule has 29 heavy (non-hydrogen) atoms. The summed E-state index contributed by atoms with van der Waals surface area (Å²) >= 11 is 1.44. The van der Waals surface area contributed by atoms with Crippen molar-refractivity contribution in [3.8, 4) is 11.4 Å². The second-order valence-electron chi connectivity index (χ2n) is 6.85. The summed E-state index contributed by atoms with van der Waals surface area (Å²) in [5, 5.41) is 3.72. The van der Waals surface area contributed by atoms with Crippen LogP contribution < -0.4 is 0 Å². The molecule has 1 aliphatic rings. The number of esters is 1. The predicted octanol–water partition coefficient (Wildman–Crippen LogP) is 5.61. The van der Waals surface area contributed by atoms with Gasteiger partial charge in [-0.2, -0.15) is 18.2 Å². The van der Waals surface area contributed by atoms with Gasteiger partial charge in [0.25, 0.3) is 5.89 Å². The minimum atomic E-state index is -4.47. The summed E-state index contributed by atoms with van der Waals surface area (Å²) in [4.78, 5) is 18.3. The number of rotatable bonds is 4. The number of halogens is 3. The Morgan fingerprint density at radius 2 is 2.03 bits per heavy atom. The highest BCUT2D eigenvalue weighted by molar-refractivity contribution is 7.14. The third kappa shape index (κ3) is 4.19. The average molecular weight is 422 g/mol. The van der Waals surface area contributed by atoms with E-state index in [9.17, 15) is 18.0 Å². The van der Waals surface area contributed by atoms with Crippen molar-refractivity contribution in [1.82, 2.24) is 10.1 Å². The molecule has 1 aromatic carbocycles. The van der Waals surface area contributed by atoms with Crippen molar-refractivity contribution in [1.29, 1.82) is 0 Å². The van der Waals surface area contributed by atoms with Crippen LogP contribution in [-0.4, -0.2) is 16.1 Å². The van der Waals surface area contributed by atoms with E-state index in [1.807, 2.05) is 6.07 Å². The van der Waals surface area contributed by atoms with Crippen LogP contribution in [0.4, 0.5) is 13.2 Å². The van der Waals surface area contributed by atoms with Crippen LogP contribution in [-0.2, 0) is 23.8 Å². The molecule has 152 valence electrons. The number of nitrogens with zero attached hydrogens (tertiary/aromatic N) is 2. The number of ether oxygens (including phenoxy) is 1. The normalized spacial score (nSPS) is 15.0. The molecule has 1 atom stereocenters. The molecule has 0 spiro atoms. The predicted molar refractivity (Wildman–Crippen MR) is 99.5 cm³/mol. The largest absolute Gasteiger partial charge is 0.448 e. The number of hydrogen-bond acceptors (Lipinski definition) is 6. The number of thiophene rings is 1. The lowest BCUT2D eigenvalue weighted by atomic mass is 9.99. The molecule has 0 saturated heterocycles. The first-order valence-electron chi connectivity index (χ1n) is 9.15. The fourth-order valence-electron chi connectivity index (χ4n) is 3.21. The Balaban J connectivity index is 1.48. The Kier molecular flexibility index (Phi) is 5.16. The van der Waals surface area contributed by atoms with E-state index >= 15 is 0 Å². The summed E-state index contributed by atoms with van der Waals surface area (Å²) < 4.78 is 49.2. The molecular formula is C20H17F3N2O3S. The van der Waals surface area contributed by atoms with E-state index < -0.39 is 23.8 Å². The molecule has 0 N–H and O–H groups in total. The highest BCUT2D eigenvalue weighted by Crippen LogP contribution is 2.33. The first-order chi connectivity index (χ1) is 13.8. The number of benzene rings is 1. The van der Waals surface area contributed by atoms with Crippen molar-refractivity contribution in [3.63, 3.8) is 0 Å². The zero-order chi connectivity index (χ0) is 20.6. The maximum absolute atomic E-state index is 12.9. The van der Waals surface area contributed by atoms with Gasteiger partial charge in [-0.15, -0.1) is 11.3 Å². The molecule has 0 amide bonds. The molecule has 4 rings (SSSR count). The van der Waals surface area contributed by atoms with Crippen molar-refractivity contribution < 1.29 is 27.2 Å². The van der Waals surface area contributed by atoms with Gasteiger partial charge in [0.2, 0.25) is 5.82 Å². The second kappa shape index (κ2) is 7.62. The van der Waals surface area contributed by atoms with Crippen LogP contribution in [0.15, 0.2) is 34.9 Å². The van der Waals surface area contributed by atoms with E-state index in [4.69, 9.17) is 9.26 Å². The van der Waals surface area contributed by atoms with Gasteiger partial charge < -0.3 is 9.26 Å². The molecule has 0 bridgehead atoms. The summed E-state index contributed by atoms with van der Waals surface area (Å²) in [5.41, 5.74) is 0.562. The van der Waals surface area contributed by atoms with Crippen molar-refractivity contribution >= 4 is 17.3 Å². The van der Waals surface area contributed by atoms with Crippen LogP contribution in [0, 0.1) is 0 Å². The molecule has 0 saturated carbocycles. The summed E-state index contributed by atoms with van der Waals surface area (Å²) in [7, 11) is 0. The van der Waals surface area contributed by atoms with Gasteiger partial charge in [0.15, 0.2) is 6.10 Å². The molecule has 3 aromatic rings. The third-order valence-electron chi connectivity index (χ3n) is 4.72. The Morgan fingerprint density at radius 3 is 2.79 bits per heavy atom. The van der Waals surface area contributed by atoms with Crippen molar-refractivity contribution in [2.75, 3.05) is 0 Å². The van der Waals surface area contributed by atoms with Gasteiger partial charge in [-0.3, -0.25) is 0 Å².